The molecule has 0 aromatic carbocycles. The fourth-order valence-electron chi connectivity index (χ4n) is 1.78. The maximum atomic E-state index is 11.0. The number of nitrogens with zero attached hydrogens (tertiary/aromatic N) is 1. The molecule has 0 aliphatic carbocycles. The number of thioether (sulfide) groups is 1. The van der Waals surface area contributed by atoms with Crippen LogP contribution in [0.2, 0.25) is 0 Å². The van der Waals surface area contributed by atoms with Gasteiger partial charge in [-0.3, -0.25) is 9.78 Å². The second kappa shape index (κ2) is 8.51. The van der Waals surface area contributed by atoms with Crippen LogP contribution in [-0.4, -0.2) is 40.9 Å². The molecule has 1 aromatic rings. The molecule has 0 spiro atoms. The number of methoxy groups -OCH3 is 1. The number of amides is 1. The predicted octanol–water partition coefficient (Wildman–Crippen LogP) is 1.61. The standard InChI is InChI=1S/C14H20N2O4S/c1-9-6-12(20-3)7-11(15-9)8-21-5-4-13(14(18)19)16-10(2)17/h6-7,13H,4-5,8H2,1-3H3,(H,16,17)(H,18,19). The van der Waals surface area contributed by atoms with Crippen LogP contribution in [0.25, 0.3) is 0 Å². The Morgan fingerprint density at radius 3 is 2.76 bits per heavy atom. The number of ether oxygens (including phenoxy) is 1. The molecule has 7 heteroatoms. The van der Waals surface area contributed by atoms with Gasteiger partial charge in [-0.25, -0.2) is 4.79 Å². The molecule has 0 radical (unpaired) electrons. The number of rotatable bonds is 8. The highest BCUT2D eigenvalue weighted by molar-refractivity contribution is 7.98. The third kappa shape index (κ3) is 6.48. The van der Waals surface area contributed by atoms with Crippen LogP contribution in [0.15, 0.2) is 12.1 Å². The first kappa shape index (κ1) is 17.3. The first-order chi connectivity index (χ1) is 9.92. The third-order valence-electron chi connectivity index (χ3n) is 2.69. The van der Waals surface area contributed by atoms with E-state index >= 15 is 0 Å². The Kier molecular flexibility index (Phi) is 7.01. The first-order valence-corrected chi connectivity index (χ1v) is 7.67. The van der Waals surface area contributed by atoms with Crippen LogP contribution in [0.5, 0.6) is 5.75 Å². The van der Waals surface area contributed by atoms with E-state index in [1.165, 1.54) is 6.92 Å². The van der Waals surface area contributed by atoms with Crippen molar-refractivity contribution in [2.45, 2.75) is 32.1 Å². The Bertz CT molecular complexity index is 508. The molecule has 21 heavy (non-hydrogen) atoms. The number of hydrogen-bond acceptors (Lipinski definition) is 5. The largest absolute Gasteiger partial charge is 0.497 e. The third-order valence-corrected chi connectivity index (χ3v) is 3.72. The van der Waals surface area contributed by atoms with Gasteiger partial charge in [-0.15, -0.1) is 0 Å². The van der Waals surface area contributed by atoms with Crippen molar-refractivity contribution in [2.24, 2.45) is 0 Å². The number of carboxylic acid groups (broad SMARTS) is 1. The van der Waals surface area contributed by atoms with Gasteiger partial charge < -0.3 is 15.2 Å². The number of nitrogens with one attached hydrogen (secondary N) is 1. The summed E-state index contributed by atoms with van der Waals surface area (Å²) in [5.41, 5.74) is 1.77. The second-order valence-corrected chi connectivity index (χ2v) is 5.68. The predicted molar refractivity (Wildman–Crippen MR) is 81.5 cm³/mol. The molecule has 1 amide bonds. The summed E-state index contributed by atoms with van der Waals surface area (Å²) < 4.78 is 5.18. The van der Waals surface area contributed by atoms with Gasteiger partial charge in [-0.05, 0) is 19.1 Å². The summed E-state index contributed by atoms with van der Waals surface area (Å²) in [4.78, 5) is 26.3. The molecule has 1 aromatic heterocycles. The average Bonchev–Trinajstić information content (AvgIpc) is 2.40. The van der Waals surface area contributed by atoms with Crippen LogP contribution in [0, 0.1) is 6.92 Å². The number of carboxylic acids is 1. The van der Waals surface area contributed by atoms with Gasteiger partial charge in [0.15, 0.2) is 0 Å². The van der Waals surface area contributed by atoms with Gasteiger partial charge >= 0.3 is 5.97 Å². The van der Waals surface area contributed by atoms with E-state index in [4.69, 9.17) is 9.84 Å². The van der Waals surface area contributed by atoms with Crippen LogP contribution in [0.4, 0.5) is 0 Å². The minimum Gasteiger partial charge on any atom is -0.497 e. The van der Waals surface area contributed by atoms with E-state index in [1.54, 1.807) is 18.9 Å². The highest BCUT2D eigenvalue weighted by Crippen LogP contribution is 2.18. The number of aryl methyl sites for hydroxylation is 1. The van der Waals surface area contributed by atoms with E-state index in [0.717, 1.165) is 17.1 Å². The zero-order valence-corrected chi connectivity index (χ0v) is 13.2. The van der Waals surface area contributed by atoms with Crippen molar-refractivity contribution in [3.05, 3.63) is 23.5 Å². The topological polar surface area (TPSA) is 88.5 Å². The summed E-state index contributed by atoms with van der Waals surface area (Å²) in [6.07, 6.45) is 0.378. The lowest BCUT2D eigenvalue weighted by Gasteiger charge is -2.12. The monoisotopic (exact) mass is 312 g/mol. The molecule has 0 aliphatic heterocycles. The number of aliphatic carboxylic acids is 1. The molecule has 2 N–H and O–H groups in total. The van der Waals surface area contributed by atoms with Crippen molar-refractivity contribution < 1.29 is 19.4 Å². The second-order valence-electron chi connectivity index (χ2n) is 4.57. The van der Waals surface area contributed by atoms with Gasteiger partial charge in [0.05, 0.1) is 12.8 Å². The Balaban J connectivity index is 2.44. The molecular formula is C14H20N2O4S. The highest BCUT2D eigenvalue weighted by atomic mass is 32.2. The summed E-state index contributed by atoms with van der Waals surface area (Å²) >= 11 is 1.57. The number of pyridine rings is 1. The molecule has 1 heterocycles. The maximum absolute atomic E-state index is 11.0. The Labute approximate surface area is 128 Å². The van der Waals surface area contributed by atoms with Crippen molar-refractivity contribution in [1.82, 2.24) is 10.3 Å². The minimum atomic E-state index is -1.01. The summed E-state index contributed by atoms with van der Waals surface area (Å²) in [6.45, 7) is 3.21. The zero-order valence-electron chi connectivity index (χ0n) is 12.4. The summed E-state index contributed by atoms with van der Waals surface area (Å²) in [7, 11) is 1.61. The molecule has 0 aliphatic rings. The highest BCUT2D eigenvalue weighted by Gasteiger charge is 2.17. The van der Waals surface area contributed by atoms with Gasteiger partial charge in [0.25, 0.3) is 0 Å². The molecule has 6 nitrogen and oxygen atoms in total. The molecule has 0 saturated heterocycles. The fourth-order valence-corrected chi connectivity index (χ4v) is 2.68. The first-order valence-electron chi connectivity index (χ1n) is 6.51. The molecule has 0 saturated carbocycles. The Morgan fingerprint density at radius 2 is 2.19 bits per heavy atom. The minimum absolute atomic E-state index is 0.336. The van der Waals surface area contributed by atoms with Gasteiger partial charge in [0.1, 0.15) is 11.8 Å². The van der Waals surface area contributed by atoms with Crippen LogP contribution in [0.3, 0.4) is 0 Å². The molecule has 0 bridgehead atoms. The lowest BCUT2D eigenvalue weighted by atomic mass is 10.2. The lowest BCUT2D eigenvalue weighted by Crippen LogP contribution is -2.39. The van der Waals surface area contributed by atoms with Gasteiger partial charge in [-0.2, -0.15) is 11.8 Å². The molecule has 0 fully saturated rings. The summed E-state index contributed by atoms with van der Waals surface area (Å²) in [5, 5.41) is 11.4. The normalized spacial score (nSPS) is 11.8. The summed E-state index contributed by atoms with van der Waals surface area (Å²) in [5.74, 6) is 0.706. The van der Waals surface area contributed by atoms with Crippen molar-refractivity contribution >= 4 is 23.6 Å². The van der Waals surface area contributed by atoms with Crippen LogP contribution < -0.4 is 10.1 Å². The molecule has 1 rings (SSSR count). The van der Waals surface area contributed by atoms with E-state index in [2.05, 4.69) is 10.3 Å². The number of hydrogen-bond donors (Lipinski definition) is 2. The van der Waals surface area contributed by atoms with Crippen molar-refractivity contribution in [1.29, 1.82) is 0 Å². The van der Waals surface area contributed by atoms with Crippen molar-refractivity contribution in [3.8, 4) is 5.75 Å². The van der Waals surface area contributed by atoms with E-state index in [1.807, 2.05) is 19.1 Å². The maximum Gasteiger partial charge on any atom is 0.326 e. The smallest absolute Gasteiger partial charge is 0.326 e. The molecule has 116 valence electrons. The Morgan fingerprint density at radius 1 is 1.48 bits per heavy atom. The van der Waals surface area contributed by atoms with Crippen LogP contribution in [-0.2, 0) is 15.3 Å². The number of aromatic nitrogens is 1. The van der Waals surface area contributed by atoms with E-state index in [0.29, 0.717) is 17.9 Å². The number of carbonyl (C=O) groups is 2. The van der Waals surface area contributed by atoms with Crippen LogP contribution in [0.1, 0.15) is 24.7 Å². The van der Waals surface area contributed by atoms with Crippen LogP contribution >= 0.6 is 11.8 Å². The zero-order chi connectivity index (χ0) is 15.8. The van der Waals surface area contributed by atoms with Crippen molar-refractivity contribution in [3.63, 3.8) is 0 Å². The SMILES string of the molecule is COc1cc(C)nc(CSCCC(NC(C)=O)C(=O)O)c1. The molecular weight excluding hydrogens is 292 g/mol. The lowest BCUT2D eigenvalue weighted by molar-refractivity contribution is -0.141. The van der Waals surface area contributed by atoms with Gasteiger partial charge in [0, 0.05) is 30.5 Å². The fraction of sp³-hybridized carbons (Fsp3) is 0.500. The van der Waals surface area contributed by atoms with E-state index < -0.39 is 12.0 Å². The molecule has 1 unspecified atom stereocenters. The Hall–Kier alpha value is -1.76. The van der Waals surface area contributed by atoms with Gasteiger partial charge in [0.2, 0.25) is 5.91 Å². The quantitative estimate of drug-likeness (QED) is 0.709. The van der Waals surface area contributed by atoms with E-state index in [-0.39, 0.29) is 5.91 Å². The number of carbonyl (C=O) groups excluding carboxylic acids is 1. The average molecular weight is 312 g/mol. The van der Waals surface area contributed by atoms with E-state index in [9.17, 15) is 9.59 Å². The van der Waals surface area contributed by atoms with Crippen molar-refractivity contribution in [2.75, 3.05) is 12.9 Å². The summed E-state index contributed by atoms with van der Waals surface area (Å²) in [6, 6.07) is 2.88. The molecule has 1 atom stereocenters. The van der Waals surface area contributed by atoms with Gasteiger partial charge in [-0.1, -0.05) is 0 Å².